The molecule has 0 N–H and O–H groups in total. The van der Waals surface area contributed by atoms with Crippen LogP contribution >= 0.6 is 0 Å². The molecule has 0 amide bonds. The van der Waals surface area contributed by atoms with Gasteiger partial charge in [-0.15, -0.1) is 0 Å². The molecule has 1 saturated heterocycles. The number of pyridine rings is 1. The lowest BCUT2D eigenvalue weighted by Gasteiger charge is -2.35. The predicted molar refractivity (Wildman–Crippen MR) is 98.4 cm³/mol. The van der Waals surface area contributed by atoms with Crippen LogP contribution in [0.1, 0.15) is 11.3 Å². The Morgan fingerprint density at radius 3 is 2.62 bits per heavy atom. The van der Waals surface area contributed by atoms with Crippen LogP contribution in [0.4, 0.5) is 5.82 Å². The van der Waals surface area contributed by atoms with Gasteiger partial charge in [0.15, 0.2) is 5.76 Å². The van der Waals surface area contributed by atoms with Gasteiger partial charge >= 0.3 is 0 Å². The summed E-state index contributed by atoms with van der Waals surface area (Å²) in [4.78, 5) is 8.88. The third kappa shape index (κ3) is 3.44. The first kappa shape index (κ1) is 16.3. The SMILES string of the molecule is N#Cc1cccnc1N1CCN(Cc2cc(-c3ccccc3)no2)CC1. The van der Waals surface area contributed by atoms with E-state index >= 15 is 0 Å². The van der Waals surface area contributed by atoms with Gasteiger partial charge in [-0.1, -0.05) is 35.5 Å². The Morgan fingerprint density at radius 2 is 1.85 bits per heavy atom. The lowest BCUT2D eigenvalue weighted by atomic mass is 10.1. The summed E-state index contributed by atoms with van der Waals surface area (Å²) in [5, 5.41) is 13.4. The molecule has 3 aromatic rings. The fraction of sp³-hybridized carbons (Fsp3) is 0.250. The van der Waals surface area contributed by atoms with Gasteiger partial charge in [0.05, 0.1) is 12.1 Å². The van der Waals surface area contributed by atoms with Crippen molar-refractivity contribution in [3.8, 4) is 17.3 Å². The molecule has 0 spiro atoms. The Bertz CT molecular complexity index is 907. The van der Waals surface area contributed by atoms with E-state index in [9.17, 15) is 5.26 Å². The zero-order valence-corrected chi connectivity index (χ0v) is 14.4. The van der Waals surface area contributed by atoms with Crippen molar-refractivity contribution in [2.75, 3.05) is 31.1 Å². The number of nitriles is 1. The smallest absolute Gasteiger partial charge is 0.151 e. The normalized spacial score (nSPS) is 15.0. The van der Waals surface area contributed by atoms with E-state index in [1.807, 2.05) is 42.5 Å². The second-order valence-corrected chi connectivity index (χ2v) is 6.29. The summed E-state index contributed by atoms with van der Waals surface area (Å²) in [6, 6.07) is 17.9. The molecule has 1 aliphatic heterocycles. The molecule has 3 heterocycles. The van der Waals surface area contributed by atoms with Crippen LogP contribution < -0.4 is 4.90 Å². The van der Waals surface area contributed by atoms with Crippen molar-refractivity contribution < 1.29 is 4.52 Å². The second-order valence-electron chi connectivity index (χ2n) is 6.29. The van der Waals surface area contributed by atoms with Crippen molar-refractivity contribution in [2.45, 2.75) is 6.54 Å². The predicted octanol–water partition coefficient (Wildman–Crippen LogP) is 2.93. The molecule has 0 bridgehead atoms. The number of hydrogen-bond donors (Lipinski definition) is 0. The molecule has 26 heavy (non-hydrogen) atoms. The van der Waals surface area contributed by atoms with E-state index in [4.69, 9.17) is 4.52 Å². The number of hydrogen-bond acceptors (Lipinski definition) is 6. The summed E-state index contributed by atoms with van der Waals surface area (Å²) in [5.41, 5.74) is 2.56. The highest BCUT2D eigenvalue weighted by Crippen LogP contribution is 2.21. The number of rotatable bonds is 4. The number of aromatic nitrogens is 2. The van der Waals surface area contributed by atoms with Gasteiger partial charge in [-0.25, -0.2) is 4.98 Å². The fourth-order valence-corrected chi connectivity index (χ4v) is 3.21. The summed E-state index contributed by atoms with van der Waals surface area (Å²) < 4.78 is 5.51. The molecule has 1 aliphatic rings. The maximum Gasteiger partial charge on any atom is 0.151 e. The number of benzene rings is 1. The van der Waals surface area contributed by atoms with Crippen LogP contribution in [0, 0.1) is 11.3 Å². The first-order chi connectivity index (χ1) is 12.8. The molecule has 0 unspecified atom stereocenters. The highest BCUT2D eigenvalue weighted by Gasteiger charge is 2.21. The Morgan fingerprint density at radius 1 is 1.04 bits per heavy atom. The topological polar surface area (TPSA) is 69.2 Å². The highest BCUT2D eigenvalue weighted by molar-refractivity contribution is 5.58. The van der Waals surface area contributed by atoms with Crippen molar-refractivity contribution in [2.24, 2.45) is 0 Å². The molecule has 0 atom stereocenters. The van der Waals surface area contributed by atoms with Crippen LogP contribution in [-0.4, -0.2) is 41.2 Å². The molecule has 4 rings (SSSR count). The van der Waals surface area contributed by atoms with E-state index in [0.717, 1.165) is 55.6 Å². The number of piperazine rings is 1. The van der Waals surface area contributed by atoms with Gasteiger partial charge in [0.1, 0.15) is 17.6 Å². The van der Waals surface area contributed by atoms with Crippen molar-refractivity contribution in [1.29, 1.82) is 5.26 Å². The lowest BCUT2D eigenvalue weighted by Crippen LogP contribution is -2.46. The summed E-state index contributed by atoms with van der Waals surface area (Å²) in [6.45, 7) is 4.20. The highest BCUT2D eigenvalue weighted by atomic mass is 16.5. The van der Waals surface area contributed by atoms with E-state index in [0.29, 0.717) is 5.56 Å². The van der Waals surface area contributed by atoms with Crippen molar-refractivity contribution in [3.05, 3.63) is 66.1 Å². The average molecular weight is 345 g/mol. The molecule has 1 fully saturated rings. The van der Waals surface area contributed by atoms with E-state index in [1.54, 1.807) is 12.3 Å². The van der Waals surface area contributed by atoms with Gasteiger partial charge in [0.25, 0.3) is 0 Å². The van der Waals surface area contributed by atoms with Gasteiger partial charge < -0.3 is 9.42 Å². The van der Waals surface area contributed by atoms with E-state index in [-0.39, 0.29) is 0 Å². The van der Waals surface area contributed by atoms with Crippen LogP contribution in [0.25, 0.3) is 11.3 Å². The lowest BCUT2D eigenvalue weighted by molar-refractivity contribution is 0.219. The molecule has 130 valence electrons. The molecular formula is C20H19N5O. The van der Waals surface area contributed by atoms with Crippen molar-refractivity contribution >= 4 is 5.82 Å². The van der Waals surface area contributed by atoms with Gasteiger partial charge in [-0.2, -0.15) is 5.26 Å². The summed E-state index contributed by atoms with van der Waals surface area (Å²) >= 11 is 0. The maximum absolute atomic E-state index is 9.25. The van der Waals surface area contributed by atoms with E-state index < -0.39 is 0 Å². The molecule has 0 saturated carbocycles. The Balaban J connectivity index is 1.37. The first-order valence-corrected chi connectivity index (χ1v) is 8.67. The van der Waals surface area contributed by atoms with Crippen LogP contribution in [-0.2, 0) is 6.54 Å². The van der Waals surface area contributed by atoms with Gasteiger partial charge in [0.2, 0.25) is 0 Å². The summed E-state index contributed by atoms with van der Waals surface area (Å²) in [5.74, 6) is 1.65. The summed E-state index contributed by atoms with van der Waals surface area (Å²) in [6.07, 6.45) is 1.74. The number of anilines is 1. The summed E-state index contributed by atoms with van der Waals surface area (Å²) in [7, 11) is 0. The van der Waals surface area contributed by atoms with Crippen LogP contribution in [0.3, 0.4) is 0 Å². The molecule has 1 aromatic carbocycles. The molecule has 0 radical (unpaired) electrons. The van der Waals surface area contributed by atoms with E-state index in [2.05, 4.69) is 26.0 Å². The average Bonchev–Trinajstić information content (AvgIpc) is 3.18. The van der Waals surface area contributed by atoms with Crippen LogP contribution in [0.15, 0.2) is 59.3 Å². The zero-order chi connectivity index (χ0) is 17.8. The van der Waals surface area contributed by atoms with Crippen molar-refractivity contribution in [3.63, 3.8) is 0 Å². The first-order valence-electron chi connectivity index (χ1n) is 8.67. The monoisotopic (exact) mass is 345 g/mol. The molecule has 6 nitrogen and oxygen atoms in total. The van der Waals surface area contributed by atoms with Gasteiger partial charge in [0, 0.05) is 44.0 Å². The van der Waals surface area contributed by atoms with Crippen LogP contribution in [0.2, 0.25) is 0 Å². The standard InChI is InChI=1S/C20H19N5O/c21-14-17-7-4-8-22-20(17)25-11-9-24(10-12-25)15-18-13-19(23-26-18)16-5-2-1-3-6-16/h1-8,13H,9-12,15H2. The van der Waals surface area contributed by atoms with E-state index in [1.165, 1.54) is 0 Å². The zero-order valence-electron chi connectivity index (χ0n) is 14.4. The molecule has 2 aromatic heterocycles. The minimum absolute atomic E-state index is 0.628. The van der Waals surface area contributed by atoms with Gasteiger partial charge in [-0.3, -0.25) is 4.90 Å². The molecule has 6 heteroatoms. The minimum Gasteiger partial charge on any atom is -0.359 e. The Hall–Kier alpha value is -3.17. The largest absolute Gasteiger partial charge is 0.359 e. The minimum atomic E-state index is 0.628. The Kier molecular flexibility index (Phi) is 4.63. The molecular weight excluding hydrogens is 326 g/mol. The van der Waals surface area contributed by atoms with Gasteiger partial charge in [-0.05, 0) is 12.1 Å². The third-order valence-corrected chi connectivity index (χ3v) is 4.59. The number of nitrogens with zero attached hydrogens (tertiary/aromatic N) is 5. The Labute approximate surface area is 152 Å². The van der Waals surface area contributed by atoms with Crippen LogP contribution in [0.5, 0.6) is 0 Å². The quantitative estimate of drug-likeness (QED) is 0.724. The third-order valence-electron chi connectivity index (χ3n) is 4.59. The van der Waals surface area contributed by atoms with Crippen molar-refractivity contribution in [1.82, 2.24) is 15.0 Å². The second kappa shape index (κ2) is 7.38. The maximum atomic E-state index is 9.25. The fourth-order valence-electron chi connectivity index (χ4n) is 3.21. The molecule has 0 aliphatic carbocycles.